The topological polar surface area (TPSA) is 61.4 Å². The summed E-state index contributed by atoms with van der Waals surface area (Å²) in [5.74, 6) is 1.66. The number of hydrogen-bond acceptors (Lipinski definition) is 6. The van der Waals surface area contributed by atoms with Crippen LogP contribution in [0.15, 0.2) is 43.0 Å². The van der Waals surface area contributed by atoms with E-state index in [0.717, 1.165) is 44.2 Å². The van der Waals surface area contributed by atoms with Gasteiger partial charge >= 0.3 is 0 Å². The average molecular weight is 377 g/mol. The van der Waals surface area contributed by atoms with Crippen LogP contribution >= 0.6 is 0 Å². The van der Waals surface area contributed by atoms with Crippen molar-refractivity contribution in [3.63, 3.8) is 0 Å². The fraction of sp³-hybridized carbons (Fsp3) is 0.409. The first-order chi connectivity index (χ1) is 13.7. The normalized spacial score (nSPS) is 20.0. The van der Waals surface area contributed by atoms with Gasteiger partial charge in [0.2, 0.25) is 5.95 Å². The molecule has 0 unspecified atom stereocenters. The Kier molecular flexibility index (Phi) is 5.39. The molecule has 1 aliphatic carbocycles. The van der Waals surface area contributed by atoms with E-state index < -0.39 is 0 Å². The van der Waals surface area contributed by atoms with E-state index in [9.17, 15) is 4.79 Å². The molecule has 4 rings (SSSR count). The van der Waals surface area contributed by atoms with Gasteiger partial charge < -0.3 is 15.1 Å². The van der Waals surface area contributed by atoms with Crippen molar-refractivity contribution in [3.8, 4) is 0 Å². The third-order valence-corrected chi connectivity index (χ3v) is 5.59. The minimum Gasteiger partial charge on any atom is -0.366 e. The van der Waals surface area contributed by atoms with Crippen molar-refractivity contribution in [2.75, 3.05) is 50.0 Å². The Labute approximate surface area is 166 Å². The van der Waals surface area contributed by atoms with Gasteiger partial charge in [-0.25, -0.2) is 4.98 Å². The SMILES string of the molecule is C=CCNc1nc(N2CCN(C)CC2)nc2c1C(=O)C[C@H](c1ccccc1)C2. The molecular formula is C22H27N5O. The molecule has 0 amide bonds. The van der Waals surface area contributed by atoms with E-state index in [1.807, 2.05) is 18.2 Å². The van der Waals surface area contributed by atoms with Gasteiger partial charge in [0.1, 0.15) is 5.82 Å². The van der Waals surface area contributed by atoms with Crippen molar-refractivity contribution < 1.29 is 4.79 Å². The van der Waals surface area contributed by atoms with Crippen LogP contribution in [0.3, 0.4) is 0 Å². The van der Waals surface area contributed by atoms with E-state index in [4.69, 9.17) is 9.97 Å². The zero-order valence-electron chi connectivity index (χ0n) is 16.4. The second-order valence-electron chi connectivity index (χ2n) is 7.59. The Bertz CT molecular complexity index is 859. The highest BCUT2D eigenvalue weighted by molar-refractivity contribution is 6.03. The summed E-state index contributed by atoms with van der Waals surface area (Å²) in [6.45, 7) is 8.11. The minimum absolute atomic E-state index is 0.117. The van der Waals surface area contributed by atoms with Gasteiger partial charge in [0.15, 0.2) is 5.78 Å². The fourth-order valence-electron chi connectivity index (χ4n) is 3.97. The van der Waals surface area contributed by atoms with E-state index in [1.165, 1.54) is 5.56 Å². The summed E-state index contributed by atoms with van der Waals surface area (Å²) >= 11 is 0. The van der Waals surface area contributed by atoms with E-state index in [1.54, 1.807) is 6.08 Å². The number of anilines is 2. The molecule has 0 saturated carbocycles. The Morgan fingerprint density at radius 3 is 2.61 bits per heavy atom. The lowest BCUT2D eigenvalue weighted by atomic mass is 9.82. The van der Waals surface area contributed by atoms with Gasteiger partial charge in [-0.15, -0.1) is 6.58 Å². The number of nitrogens with one attached hydrogen (secondary N) is 1. The van der Waals surface area contributed by atoms with Crippen LogP contribution in [0.5, 0.6) is 0 Å². The molecule has 1 fully saturated rings. The maximum atomic E-state index is 13.0. The van der Waals surface area contributed by atoms with Crippen molar-refractivity contribution in [1.82, 2.24) is 14.9 Å². The lowest BCUT2D eigenvalue weighted by Gasteiger charge is -2.33. The van der Waals surface area contributed by atoms with Crippen molar-refractivity contribution in [2.24, 2.45) is 0 Å². The molecule has 1 saturated heterocycles. The zero-order chi connectivity index (χ0) is 19.5. The number of piperazine rings is 1. The predicted molar refractivity (Wildman–Crippen MR) is 112 cm³/mol. The smallest absolute Gasteiger partial charge is 0.227 e. The van der Waals surface area contributed by atoms with Gasteiger partial charge in [-0.1, -0.05) is 36.4 Å². The summed E-state index contributed by atoms with van der Waals surface area (Å²) in [4.78, 5) is 27.1. The molecule has 1 aliphatic heterocycles. The molecule has 0 bridgehead atoms. The highest BCUT2D eigenvalue weighted by Gasteiger charge is 2.32. The average Bonchev–Trinajstić information content (AvgIpc) is 2.72. The molecule has 6 nitrogen and oxygen atoms in total. The van der Waals surface area contributed by atoms with Gasteiger partial charge in [-0.05, 0) is 24.9 Å². The fourth-order valence-corrected chi connectivity index (χ4v) is 3.97. The van der Waals surface area contributed by atoms with Crippen molar-refractivity contribution in [1.29, 1.82) is 0 Å². The summed E-state index contributed by atoms with van der Waals surface area (Å²) in [5.41, 5.74) is 2.72. The monoisotopic (exact) mass is 377 g/mol. The number of fused-ring (bicyclic) bond motifs is 1. The molecule has 1 aromatic carbocycles. The lowest BCUT2D eigenvalue weighted by molar-refractivity contribution is 0.0963. The molecule has 146 valence electrons. The van der Waals surface area contributed by atoms with Crippen molar-refractivity contribution in [3.05, 3.63) is 59.8 Å². The lowest BCUT2D eigenvalue weighted by Crippen LogP contribution is -2.45. The molecule has 2 heterocycles. The molecular weight excluding hydrogens is 350 g/mol. The summed E-state index contributed by atoms with van der Waals surface area (Å²) < 4.78 is 0. The van der Waals surface area contributed by atoms with Crippen LogP contribution in [0, 0.1) is 0 Å². The number of carbonyl (C=O) groups is 1. The van der Waals surface area contributed by atoms with Crippen LogP contribution in [0.1, 0.15) is 34.0 Å². The number of hydrogen-bond donors (Lipinski definition) is 1. The van der Waals surface area contributed by atoms with Gasteiger partial charge in [0.25, 0.3) is 0 Å². The molecule has 28 heavy (non-hydrogen) atoms. The van der Waals surface area contributed by atoms with Gasteiger partial charge in [-0.3, -0.25) is 4.79 Å². The molecule has 2 aliphatic rings. The summed E-state index contributed by atoms with van der Waals surface area (Å²) in [6, 6.07) is 10.3. The van der Waals surface area contributed by atoms with Crippen LogP contribution in [0.4, 0.5) is 11.8 Å². The summed E-state index contributed by atoms with van der Waals surface area (Å²) in [5, 5.41) is 3.27. The molecule has 1 atom stereocenters. The number of benzene rings is 1. The molecule has 0 radical (unpaired) electrons. The van der Waals surface area contributed by atoms with Gasteiger partial charge in [-0.2, -0.15) is 4.98 Å². The second-order valence-corrected chi connectivity index (χ2v) is 7.59. The Hall–Kier alpha value is -2.73. The van der Waals surface area contributed by atoms with Gasteiger partial charge in [0.05, 0.1) is 11.3 Å². The Morgan fingerprint density at radius 2 is 1.89 bits per heavy atom. The van der Waals surface area contributed by atoms with Crippen LogP contribution in [0.2, 0.25) is 0 Å². The zero-order valence-corrected chi connectivity index (χ0v) is 16.4. The number of Topliss-reactive ketones (excluding diaryl/α,β-unsaturated/α-hetero) is 1. The van der Waals surface area contributed by atoms with Crippen molar-refractivity contribution >= 4 is 17.5 Å². The van der Waals surface area contributed by atoms with E-state index in [-0.39, 0.29) is 11.7 Å². The van der Waals surface area contributed by atoms with E-state index >= 15 is 0 Å². The van der Waals surface area contributed by atoms with Crippen LogP contribution in [-0.4, -0.2) is 60.4 Å². The van der Waals surface area contributed by atoms with E-state index in [2.05, 4.69) is 40.9 Å². The Balaban J connectivity index is 1.70. The third-order valence-electron chi connectivity index (χ3n) is 5.59. The van der Waals surface area contributed by atoms with E-state index in [0.29, 0.717) is 24.3 Å². The highest BCUT2D eigenvalue weighted by atomic mass is 16.1. The number of likely N-dealkylation sites (N-methyl/N-ethyl adjacent to an activating group) is 1. The van der Waals surface area contributed by atoms with Gasteiger partial charge in [0, 0.05) is 39.1 Å². The van der Waals surface area contributed by atoms with Crippen molar-refractivity contribution in [2.45, 2.75) is 18.8 Å². The quantitative estimate of drug-likeness (QED) is 0.809. The summed E-state index contributed by atoms with van der Waals surface area (Å²) in [6.07, 6.45) is 3.04. The largest absolute Gasteiger partial charge is 0.366 e. The third kappa shape index (κ3) is 3.78. The minimum atomic E-state index is 0.117. The molecule has 1 N–H and O–H groups in total. The summed E-state index contributed by atoms with van der Waals surface area (Å²) in [7, 11) is 2.13. The maximum Gasteiger partial charge on any atom is 0.227 e. The molecule has 6 heteroatoms. The first-order valence-electron chi connectivity index (χ1n) is 9.93. The van der Waals surface area contributed by atoms with Crippen LogP contribution in [0.25, 0.3) is 0 Å². The number of ketones is 1. The number of aromatic nitrogens is 2. The molecule has 1 aromatic heterocycles. The first kappa shape index (κ1) is 18.6. The predicted octanol–water partition coefficient (Wildman–Crippen LogP) is 2.74. The number of nitrogens with zero attached hydrogens (tertiary/aromatic N) is 4. The molecule has 2 aromatic rings. The first-order valence-corrected chi connectivity index (χ1v) is 9.93. The second kappa shape index (κ2) is 8.10. The van der Waals surface area contributed by atoms with Crippen LogP contribution in [-0.2, 0) is 6.42 Å². The number of rotatable bonds is 5. The standard InChI is InChI=1S/C22H27N5O/c1-3-9-23-21-20-18(24-22(25-21)27-12-10-26(2)11-13-27)14-17(15-19(20)28)16-7-5-4-6-8-16/h3-8,17H,1,9-15H2,2H3,(H,23,24,25)/t17-/m1/s1. The highest BCUT2D eigenvalue weighted by Crippen LogP contribution is 2.35. The number of carbonyl (C=O) groups excluding carboxylic acids is 1. The Morgan fingerprint density at radius 1 is 1.14 bits per heavy atom. The maximum absolute atomic E-state index is 13.0. The van der Waals surface area contributed by atoms with Crippen LogP contribution < -0.4 is 10.2 Å². The molecule has 0 spiro atoms.